The maximum Gasteiger partial charge on any atom is 0.490 e. The Morgan fingerprint density at radius 2 is 1.93 bits per heavy atom. The number of imidazole rings is 1. The Morgan fingerprint density at radius 3 is 2.58 bits per heavy atom. The molecule has 3 heterocycles. The van der Waals surface area contributed by atoms with Crippen LogP contribution in [0.3, 0.4) is 0 Å². The van der Waals surface area contributed by atoms with Crippen LogP contribution in [0.25, 0.3) is 11.2 Å². The SMILES string of the molecule is Cc1cc(Cl)ccc1NC(=O)COC1C(COP(=O)(O)OP(=O)(O)OP(=O)(O)O)OC(n2cnc3c(=S)nc(N)[nH]c32)C1OI. The van der Waals surface area contributed by atoms with Crippen LogP contribution in [0.15, 0.2) is 24.5 Å². The number of anilines is 2. The molecule has 0 radical (unpaired) electrons. The number of halogens is 2. The van der Waals surface area contributed by atoms with E-state index in [2.05, 4.69) is 28.9 Å². The molecule has 1 aliphatic heterocycles. The van der Waals surface area contributed by atoms with Crippen molar-refractivity contribution in [2.45, 2.75) is 31.5 Å². The van der Waals surface area contributed by atoms with Crippen LogP contribution in [0.2, 0.25) is 5.02 Å². The number of phosphoric ester groups is 1. The number of aromatic nitrogens is 4. The molecule has 45 heavy (non-hydrogen) atoms. The molecule has 26 heteroatoms. The van der Waals surface area contributed by atoms with E-state index in [4.69, 9.17) is 56.4 Å². The van der Waals surface area contributed by atoms with Crippen LogP contribution < -0.4 is 11.1 Å². The molecular weight excluding hydrogens is 824 g/mol. The molecule has 1 aliphatic rings. The molecule has 0 bridgehead atoms. The number of aryl methyl sites for hydroxylation is 1. The average Bonchev–Trinajstić information content (AvgIpc) is 3.46. The van der Waals surface area contributed by atoms with Gasteiger partial charge in [0.15, 0.2) is 16.8 Å². The van der Waals surface area contributed by atoms with Crippen LogP contribution in [0, 0.1) is 11.6 Å². The van der Waals surface area contributed by atoms with Crippen molar-refractivity contribution in [3.63, 3.8) is 0 Å². The van der Waals surface area contributed by atoms with Gasteiger partial charge in [-0.05, 0) is 30.7 Å². The van der Waals surface area contributed by atoms with Crippen LogP contribution in [0.1, 0.15) is 11.8 Å². The van der Waals surface area contributed by atoms with Crippen LogP contribution in [-0.4, -0.2) is 76.5 Å². The van der Waals surface area contributed by atoms with Crippen LogP contribution >= 0.6 is 70.3 Å². The smallest absolute Gasteiger partial charge is 0.369 e. The molecule has 1 saturated heterocycles. The Balaban J connectivity index is 1.58. The maximum absolute atomic E-state index is 12.8. The molecule has 8 N–H and O–H groups in total. The van der Waals surface area contributed by atoms with E-state index in [1.54, 1.807) is 48.1 Å². The molecule has 0 saturated carbocycles. The summed E-state index contributed by atoms with van der Waals surface area (Å²) >= 11 is 12.7. The second-order valence-corrected chi connectivity index (χ2v) is 14.8. The number of carbonyl (C=O) groups is 1. The number of aromatic amines is 1. The molecule has 248 valence electrons. The van der Waals surface area contributed by atoms with E-state index in [9.17, 15) is 28.3 Å². The van der Waals surface area contributed by atoms with E-state index < -0.39 is 67.1 Å². The normalized spacial score (nSPS) is 23.1. The Bertz CT molecular complexity index is 1790. The molecular formula is C19H23ClIN6O14P3S. The number of ether oxygens (including phenoxy) is 2. The molecule has 4 rings (SSSR count). The van der Waals surface area contributed by atoms with Gasteiger partial charge in [-0.2, -0.15) is 8.62 Å². The van der Waals surface area contributed by atoms with Crippen molar-refractivity contribution in [2.24, 2.45) is 0 Å². The lowest BCUT2D eigenvalue weighted by molar-refractivity contribution is -0.125. The van der Waals surface area contributed by atoms with Crippen molar-refractivity contribution >= 4 is 99.0 Å². The van der Waals surface area contributed by atoms with E-state index in [1.807, 2.05) is 0 Å². The second-order valence-electron chi connectivity index (χ2n) is 9.06. The molecule has 1 aromatic carbocycles. The van der Waals surface area contributed by atoms with Gasteiger partial charge < -0.3 is 48.1 Å². The maximum atomic E-state index is 12.8. The third-order valence-corrected chi connectivity index (χ3v) is 10.7. The van der Waals surface area contributed by atoms with Crippen molar-refractivity contribution in [2.75, 3.05) is 24.3 Å². The fourth-order valence-electron chi connectivity index (χ4n) is 4.11. The van der Waals surface area contributed by atoms with E-state index in [1.165, 1.54) is 10.9 Å². The Hall–Kier alpha value is -1.43. The van der Waals surface area contributed by atoms with Gasteiger partial charge in [-0.25, -0.2) is 23.7 Å². The Labute approximate surface area is 276 Å². The van der Waals surface area contributed by atoms with Gasteiger partial charge in [-0.1, -0.05) is 23.8 Å². The van der Waals surface area contributed by atoms with E-state index in [0.717, 1.165) is 0 Å². The van der Waals surface area contributed by atoms with Crippen LogP contribution in [0.4, 0.5) is 11.6 Å². The van der Waals surface area contributed by atoms with E-state index >= 15 is 0 Å². The summed E-state index contributed by atoms with van der Waals surface area (Å²) in [5.74, 6) is -0.663. The number of benzene rings is 1. The zero-order chi connectivity index (χ0) is 33.3. The fourth-order valence-corrected chi connectivity index (χ4v) is 8.15. The average molecular weight is 847 g/mol. The molecule has 0 spiro atoms. The summed E-state index contributed by atoms with van der Waals surface area (Å²) in [4.78, 5) is 60.6. The summed E-state index contributed by atoms with van der Waals surface area (Å²) in [5.41, 5.74) is 7.41. The van der Waals surface area contributed by atoms with Gasteiger partial charge >= 0.3 is 23.5 Å². The van der Waals surface area contributed by atoms with Gasteiger partial charge in [0.25, 0.3) is 0 Å². The van der Waals surface area contributed by atoms with E-state index in [-0.39, 0.29) is 21.8 Å². The lowest BCUT2D eigenvalue weighted by Gasteiger charge is -2.23. The highest BCUT2D eigenvalue weighted by molar-refractivity contribution is 14.1. The minimum Gasteiger partial charge on any atom is -0.369 e. The summed E-state index contributed by atoms with van der Waals surface area (Å²) in [7, 11) is -16.9. The minimum absolute atomic E-state index is 0.0506. The molecule has 2 aromatic heterocycles. The topological polar surface area (TPSA) is 289 Å². The first-order valence-electron chi connectivity index (χ1n) is 12.0. The zero-order valence-electron chi connectivity index (χ0n) is 22.3. The van der Waals surface area contributed by atoms with E-state index in [0.29, 0.717) is 16.3 Å². The number of nitrogens with two attached hydrogens (primary N) is 1. The molecule has 0 aliphatic carbocycles. The van der Waals surface area contributed by atoms with Crippen molar-refractivity contribution in [1.82, 2.24) is 19.5 Å². The summed E-state index contributed by atoms with van der Waals surface area (Å²) in [6.07, 6.45) is -3.51. The number of nitrogens with one attached hydrogen (secondary N) is 2. The third-order valence-electron chi connectivity index (χ3n) is 5.81. The van der Waals surface area contributed by atoms with Gasteiger partial charge in [-0.15, -0.1) is 0 Å². The van der Waals surface area contributed by atoms with Crippen LogP contribution in [0.5, 0.6) is 0 Å². The number of amides is 1. The first kappa shape index (κ1) is 36.4. The van der Waals surface area contributed by atoms with Gasteiger partial charge in [0.2, 0.25) is 5.91 Å². The predicted molar refractivity (Wildman–Crippen MR) is 164 cm³/mol. The summed E-state index contributed by atoms with van der Waals surface area (Å²) in [6.45, 7) is 0.222. The number of nitrogen functional groups attached to an aromatic ring is 1. The van der Waals surface area contributed by atoms with Gasteiger partial charge in [0.1, 0.15) is 59.1 Å². The lowest BCUT2D eigenvalue weighted by atomic mass is 10.1. The first-order valence-corrected chi connectivity index (χ1v) is 18.2. The highest BCUT2D eigenvalue weighted by Crippen LogP contribution is 2.66. The Kier molecular flexibility index (Phi) is 11.6. The lowest BCUT2D eigenvalue weighted by Crippen LogP contribution is -2.39. The first-order chi connectivity index (χ1) is 20.9. The standard InChI is InChI=1S/C19H23ClIN6O14P3S/c1-8-4-9(20)2-3-10(8)24-12(28)6-36-14-11(5-37-43(32,33)41-44(34,35)40-42(29,30)31)38-18(15(14)39-21)27-7-23-13-16(27)25-19(22)26-17(13)45/h2-4,7,11,14-15,18H,5-6H2,1H3,(H,24,28)(H,32,33)(H,34,35)(H2,29,30,31)(H3,22,25,26,45). The monoisotopic (exact) mass is 846 g/mol. The zero-order valence-corrected chi connectivity index (χ0v) is 28.7. The van der Waals surface area contributed by atoms with Gasteiger partial charge in [0, 0.05) is 10.7 Å². The molecule has 6 unspecified atom stereocenters. The van der Waals surface area contributed by atoms with Gasteiger partial charge in [-0.3, -0.25) is 13.9 Å². The fraction of sp³-hybridized carbons (Fsp3) is 0.368. The highest BCUT2D eigenvalue weighted by atomic mass is 127. The second kappa shape index (κ2) is 14.4. The number of carbonyl (C=O) groups excluding carboxylic acids is 1. The predicted octanol–water partition coefficient (Wildman–Crippen LogP) is 3.03. The molecule has 20 nitrogen and oxygen atoms in total. The molecule has 3 aromatic rings. The number of rotatable bonds is 13. The molecule has 1 amide bonds. The van der Waals surface area contributed by atoms with Gasteiger partial charge in [0.05, 0.1) is 12.9 Å². The number of fused-ring (bicyclic) bond motifs is 1. The number of hydrogen-bond donors (Lipinski definition) is 7. The number of nitrogens with zero attached hydrogens (tertiary/aromatic N) is 3. The van der Waals surface area contributed by atoms with Crippen molar-refractivity contribution in [3.8, 4) is 0 Å². The summed E-state index contributed by atoms with van der Waals surface area (Å²) in [5, 5.41) is 3.11. The third kappa shape index (κ3) is 9.57. The molecule has 1 fully saturated rings. The Morgan fingerprint density at radius 1 is 1.22 bits per heavy atom. The summed E-state index contributed by atoms with van der Waals surface area (Å²) < 4.78 is 66.2. The van der Waals surface area contributed by atoms with Crippen molar-refractivity contribution < 1.29 is 63.7 Å². The minimum atomic E-state index is -5.79. The number of phosphoric acid groups is 3. The summed E-state index contributed by atoms with van der Waals surface area (Å²) in [6, 6.07) is 4.79. The largest absolute Gasteiger partial charge is 0.490 e. The van der Waals surface area contributed by atoms with Crippen molar-refractivity contribution in [1.29, 1.82) is 0 Å². The number of hydrogen-bond acceptors (Lipinski definition) is 14. The molecule has 6 atom stereocenters. The van der Waals surface area contributed by atoms with Crippen LogP contribution in [-0.2, 0) is 44.2 Å². The quantitative estimate of drug-likeness (QED) is 0.0739. The van der Waals surface area contributed by atoms with Crippen molar-refractivity contribution in [3.05, 3.63) is 39.8 Å². The highest BCUT2D eigenvalue weighted by Gasteiger charge is 2.50. The number of H-pyrrole nitrogens is 1.